The third-order valence-electron chi connectivity index (χ3n) is 2.32. The highest BCUT2D eigenvalue weighted by atomic mass is 14.9. The number of hydrogen-bond acceptors (Lipinski definition) is 3. The van der Waals surface area contributed by atoms with Crippen LogP contribution in [0, 0.1) is 5.92 Å². The number of hydrogen-bond donors (Lipinski definition) is 2. The minimum Gasteiger partial charge on any atom is -0.385 e. The second-order valence-electron chi connectivity index (χ2n) is 4.29. The molecule has 0 aromatic carbocycles. The van der Waals surface area contributed by atoms with E-state index < -0.39 is 0 Å². The lowest BCUT2D eigenvalue weighted by atomic mass is 10.1. The Labute approximate surface area is 92.1 Å². The zero-order valence-electron chi connectivity index (χ0n) is 9.66. The predicted molar refractivity (Wildman–Crippen MR) is 65.8 cm³/mol. The van der Waals surface area contributed by atoms with Crippen molar-refractivity contribution in [1.82, 2.24) is 4.98 Å². The lowest BCUT2D eigenvalue weighted by molar-refractivity contribution is 0.545. The van der Waals surface area contributed by atoms with Gasteiger partial charge in [-0.25, -0.2) is 4.98 Å². The van der Waals surface area contributed by atoms with E-state index >= 15 is 0 Å². The predicted octanol–water partition coefficient (Wildman–Crippen LogP) is 2.90. The second-order valence-corrected chi connectivity index (χ2v) is 4.29. The number of pyridine rings is 1. The lowest BCUT2D eigenvalue weighted by Crippen LogP contribution is -2.03. The fraction of sp³-hybridized carbons (Fsp3) is 0.583. The van der Waals surface area contributed by atoms with Gasteiger partial charge in [-0.2, -0.15) is 0 Å². The molecule has 15 heavy (non-hydrogen) atoms. The summed E-state index contributed by atoms with van der Waals surface area (Å²) >= 11 is 0. The van der Waals surface area contributed by atoms with Crippen LogP contribution in [0.25, 0.3) is 0 Å². The summed E-state index contributed by atoms with van der Waals surface area (Å²) in [4.78, 5) is 3.95. The first-order valence-corrected chi connectivity index (χ1v) is 5.64. The number of nitrogens with two attached hydrogens (primary N) is 1. The monoisotopic (exact) mass is 207 g/mol. The molecule has 0 bridgehead atoms. The van der Waals surface area contributed by atoms with Crippen molar-refractivity contribution in [2.45, 2.75) is 33.1 Å². The number of nitrogens with zero attached hydrogens (tertiary/aromatic N) is 1. The van der Waals surface area contributed by atoms with Gasteiger partial charge in [-0.3, -0.25) is 0 Å². The van der Waals surface area contributed by atoms with Crippen molar-refractivity contribution in [1.29, 1.82) is 0 Å². The maximum atomic E-state index is 5.58. The van der Waals surface area contributed by atoms with Gasteiger partial charge in [0.1, 0.15) is 5.82 Å². The maximum Gasteiger partial charge on any atom is 0.125 e. The number of nitrogens with one attached hydrogen (secondary N) is 1. The molecule has 0 aliphatic rings. The first kappa shape index (κ1) is 11.8. The number of nitrogen functional groups attached to an aromatic ring is 1. The van der Waals surface area contributed by atoms with Crippen LogP contribution >= 0.6 is 0 Å². The molecular formula is C12H21N3. The normalized spacial score (nSPS) is 10.6. The van der Waals surface area contributed by atoms with E-state index in [0.717, 1.165) is 18.2 Å². The summed E-state index contributed by atoms with van der Waals surface area (Å²) < 4.78 is 0. The van der Waals surface area contributed by atoms with E-state index in [1.165, 1.54) is 19.3 Å². The van der Waals surface area contributed by atoms with E-state index in [1.54, 1.807) is 6.20 Å². The molecule has 1 aromatic rings. The largest absolute Gasteiger partial charge is 0.385 e. The average molecular weight is 207 g/mol. The Bertz CT molecular complexity index is 284. The number of anilines is 2. The Morgan fingerprint density at radius 1 is 1.40 bits per heavy atom. The molecule has 0 saturated heterocycles. The smallest absolute Gasteiger partial charge is 0.125 e. The molecule has 84 valence electrons. The topological polar surface area (TPSA) is 50.9 Å². The van der Waals surface area contributed by atoms with E-state index in [9.17, 15) is 0 Å². The fourth-order valence-corrected chi connectivity index (χ4v) is 1.47. The lowest BCUT2D eigenvalue weighted by Gasteiger charge is -2.07. The molecule has 1 heterocycles. The van der Waals surface area contributed by atoms with E-state index in [1.807, 2.05) is 12.1 Å². The standard InChI is InChI=1S/C12H21N3/c1-10(2)5-3-4-7-14-11-6-8-15-12(13)9-11/h6,8-10H,3-5,7H2,1-2H3,(H3,13,14,15). The van der Waals surface area contributed by atoms with E-state index in [2.05, 4.69) is 24.1 Å². The minimum absolute atomic E-state index is 0.571. The van der Waals surface area contributed by atoms with Crippen LogP contribution in [0.4, 0.5) is 11.5 Å². The molecule has 0 aliphatic carbocycles. The van der Waals surface area contributed by atoms with Crippen LogP contribution in [-0.2, 0) is 0 Å². The molecular weight excluding hydrogens is 186 g/mol. The van der Waals surface area contributed by atoms with Crippen molar-refractivity contribution in [3.63, 3.8) is 0 Å². The van der Waals surface area contributed by atoms with Gasteiger partial charge in [-0.05, 0) is 18.4 Å². The summed E-state index contributed by atoms with van der Waals surface area (Å²) in [6, 6.07) is 3.81. The van der Waals surface area contributed by atoms with E-state index in [0.29, 0.717) is 5.82 Å². The summed E-state index contributed by atoms with van der Waals surface area (Å²) in [6.07, 6.45) is 5.53. The highest BCUT2D eigenvalue weighted by molar-refractivity contribution is 5.49. The van der Waals surface area contributed by atoms with Gasteiger partial charge < -0.3 is 11.1 Å². The fourth-order valence-electron chi connectivity index (χ4n) is 1.47. The molecule has 1 aromatic heterocycles. The average Bonchev–Trinajstić information content (AvgIpc) is 2.17. The first-order valence-electron chi connectivity index (χ1n) is 5.64. The van der Waals surface area contributed by atoms with Gasteiger partial charge in [-0.1, -0.05) is 26.7 Å². The summed E-state index contributed by atoms with van der Waals surface area (Å²) in [5.41, 5.74) is 6.64. The zero-order valence-corrected chi connectivity index (χ0v) is 9.66. The summed E-state index contributed by atoms with van der Waals surface area (Å²) in [7, 11) is 0. The van der Waals surface area contributed by atoms with E-state index in [-0.39, 0.29) is 0 Å². The Kier molecular flexibility index (Phi) is 4.95. The number of aromatic nitrogens is 1. The Morgan fingerprint density at radius 3 is 2.87 bits per heavy atom. The van der Waals surface area contributed by atoms with Crippen LogP contribution in [0.5, 0.6) is 0 Å². The molecule has 0 fully saturated rings. The molecule has 0 saturated carbocycles. The zero-order chi connectivity index (χ0) is 11.1. The van der Waals surface area contributed by atoms with Crippen LogP contribution < -0.4 is 11.1 Å². The van der Waals surface area contributed by atoms with Crippen LogP contribution in [-0.4, -0.2) is 11.5 Å². The Hall–Kier alpha value is -1.25. The number of unbranched alkanes of at least 4 members (excludes halogenated alkanes) is 1. The van der Waals surface area contributed by atoms with Crippen molar-refractivity contribution in [2.75, 3.05) is 17.6 Å². The first-order chi connectivity index (χ1) is 7.18. The molecule has 3 heteroatoms. The quantitative estimate of drug-likeness (QED) is 0.705. The van der Waals surface area contributed by atoms with Gasteiger partial charge in [0.05, 0.1) is 0 Å². The van der Waals surface area contributed by atoms with Crippen molar-refractivity contribution in [3.05, 3.63) is 18.3 Å². The molecule has 3 N–H and O–H groups in total. The molecule has 3 nitrogen and oxygen atoms in total. The van der Waals surface area contributed by atoms with Crippen molar-refractivity contribution < 1.29 is 0 Å². The molecule has 1 rings (SSSR count). The molecule has 0 atom stereocenters. The highest BCUT2D eigenvalue weighted by Gasteiger charge is 1.95. The van der Waals surface area contributed by atoms with Crippen molar-refractivity contribution in [2.24, 2.45) is 5.92 Å². The third kappa shape index (κ3) is 5.25. The summed E-state index contributed by atoms with van der Waals surface area (Å²) in [6.45, 7) is 5.53. The second kappa shape index (κ2) is 6.27. The molecule has 0 spiro atoms. The van der Waals surface area contributed by atoms with Crippen molar-refractivity contribution in [3.8, 4) is 0 Å². The maximum absolute atomic E-state index is 5.58. The van der Waals surface area contributed by atoms with Gasteiger partial charge in [0.2, 0.25) is 0 Å². The van der Waals surface area contributed by atoms with Crippen LogP contribution in [0.3, 0.4) is 0 Å². The summed E-state index contributed by atoms with van der Waals surface area (Å²) in [5.74, 6) is 1.38. The van der Waals surface area contributed by atoms with Gasteiger partial charge >= 0.3 is 0 Å². The van der Waals surface area contributed by atoms with Crippen LogP contribution in [0.15, 0.2) is 18.3 Å². The van der Waals surface area contributed by atoms with Gasteiger partial charge in [0, 0.05) is 24.5 Å². The van der Waals surface area contributed by atoms with Crippen LogP contribution in [0.2, 0.25) is 0 Å². The Balaban J connectivity index is 2.15. The minimum atomic E-state index is 0.571. The third-order valence-corrected chi connectivity index (χ3v) is 2.32. The summed E-state index contributed by atoms with van der Waals surface area (Å²) in [5, 5.41) is 3.34. The van der Waals surface area contributed by atoms with Gasteiger partial charge in [0.15, 0.2) is 0 Å². The molecule has 0 radical (unpaired) electrons. The molecule has 0 amide bonds. The van der Waals surface area contributed by atoms with Gasteiger partial charge in [-0.15, -0.1) is 0 Å². The highest BCUT2D eigenvalue weighted by Crippen LogP contribution is 2.10. The Morgan fingerprint density at radius 2 is 2.20 bits per heavy atom. The number of rotatable bonds is 6. The molecule has 0 unspecified atom stereocenters. The van der Waals surface area contributed by atoms with E-state index in [4.69, 9.17) is 5.73 Å². The molecule has 0 aliphatic heterocycles. The van der Waals surface area contributed by atoms with Crippen molar-refractivity contribution >= 4 is 11.5 Å². The van der Waals surface area contributed by atoms with Gasteiger partial charge in [0.25, 0.3) is 0 Å². The SMILES string of the molecule is CC(C)CCCCNc1ccnc(N)c1. The van der Waals surface area contributed by atoms with Crippen LogP contribution in [0.1, 0.15) is 33.1 Å².